The molecular weight excluding hydrogens is 280 g/mol. The summed E-state index contributed by atoms with van der Waals surface area (Å²) in [6.07, 6.45) is 0. The Morgan fingerprint density at radius 1 is 1.44 bits per heavy atom. The molecule has 0 aliphatic heterocycles. The lowest BCUT2D eigenvalue weighted by Crippen LogP contribution is -2.52. The molecule has 1 aromatic rings. The van der Waals surface area contributed by atoms with Crippen LogP contribution in [-0.4, -0.2) is 30.9 Å². The molecule has 9 heteroatoms. The van der Waals surface area contributed by atoms with E-state index in [4.69, 9.17) is 10.8 Å². The number of aromatic carboxylic acids is 1. The van der Waals surface area contributed by atoms with Crippen molar-refractivity contribution in [2.45, 2.75) is 24.3 Å². The summed E-state index contributed by atoms with van der Waals surface area (Å²) >= 11 is 0.784. The number of carboxylic acid groups (broad SMARTS) is 1. The number of amides is 1. The van der Waals surface area contributed by atoms with Gasteiger partial charge in [-0.2, -0.15) is 4.72 Å². The Morgan fingerprint density at radius 3 is 2.44 bits per heavy atom. The first-order valence-corrected chi connectivity index (χ1v) is 7.09. The lowest BCUT2D eigenvalue weighted by atomic mass is 10.1. The second-order valence-corrected chi connectivity index (χ2v) is 6.58. The number of hydrogen-bond donors (Lipinski definition) is 3. The highest BCUT2D eigenvalue weighted by molar-refractivity contribution is 7.89. The highest BCUT2D eigenvalue weighted by atomic mass is 32.2. The second-order valence-electron chi connectivity index (χ2n) is 4.01. The quantitative estimate of drug-likeness (QED) is 0.703. The number of thiophene rings is 1. The average molecular weight is 292 g/mol. The number of hydrogen-bond acceptors (Lipinski definition) is 5. The predicted molar refractivity (Wildman–Crippen MR) is 64.9 cm³/mol. The zero-order valence-electron chi connectivity index (χ0n) is 9.63. The molecule has 0 aliphatic rings. The van der Waals surface area contributed by atoms with Gasteiger partial charge in [-0.05, 0) is 25.3 Å². The molecule has 100 valence electrons. The number of carbonyl (C=O) groups excluding carboxylic acids is 1. The first kappa shape index (κ1) is 14.6. The van der Waals surface area contributed by atoms with Gasteiger partial charge >= 0.3 is 5.97 Å². The largest absolute Gasteiger partial charge is 0.477 e. The molecule has 18 heavy (non-hydrogen) atoms. The van der Waals surface area contributed by atoms with Crippen LogP contribution in [0.15, 0.2) is 16.3 Å². The Labute approximate surface area is 108 Å². The van der Waals surface area contributed by atoms with Crippen LogP contribution in [0.1, 0.15) is 23.5 Å². The van der Waals surface area contributed by atoms with E-state index in [0.717, 1.165) is 17.4 Å². The molecule has 0 unspecified atom stereocenters. The van der Waals surface area contributed by atoms with Gasteiger partial charge in [0.05, 0.1) is 0 Å². The zero-order valence-corrected chi connectivity index (χ0v) is 11.3. The molecule has 0 fully saturated rings. The second kappa shape index (κ2) is 4.67. The Bertz CT molecular complexity index is 588. The molecule has 1 rings (SSSR count). The summed E-state index contributed by atoms with van der Waals surface area (Å²) in [5.41, 5.74) is 3.55. The van der Waals surface area contributed by atoms with Gasteiger partial charge in [0.2, 0.25) is 15.9 Å². The van der Waals surface area contributed by atoms with Gasteiger partial charge in [-0.15, -0.1) is 11.3 Å². The van der Waals surface area contributed by atoms with E-state index in [1.54, 1.807) is 0 Å². The summed E-state index contributed by atoms with van der Waals surface area (Å²) in [5, 5.41) is 10.2. The van der Waals surface area contributed by atoms with Crippen molar-refractivity contribution in [2.75, 3.05) is 0 Å². The van der Waals surface area contributed by atoms with Gasteiger partial charge in [0.1, 0.15) is 15.3 Å². The Hall–Kier alpha value is -1.45. The van der Waals surface area contributed by atoms with E-state index in [1.165, 1.54) is 19.2 Å². The van der Waals surface area contributed by atoms with Gasteiger partial charge in [0.25, 0.3) is 0 Å². The van der Waals surface area contributed by atoms with Crippen LogP contribution in [0.5, 0.6) is 0 Å². The van der Waals surface area contributed by atoms with Gasteiger partial charge in [-0.3, -0.25) is 4.79 Å². The van der Waals surface area contributed by atoms with Gasteiger partial charge < -0.3 is 10.8 Å². The molecule has 0 saturated heterocycles. The van der Waals surface area contributed by atoms with Crippen LogP contribution in [0, 0.1) is 0 Å². The molecule has 1 heterocycles. The molecule has 4 N–H and O–H groups in total. The normalized spacial score (nSPS) is 12.3. The van der Waals surface area contributed by atoms with Crippen LogP contribution in [-0.2, 0) is 14.8 Å². The van der Waals surface area contributed by atoms with Crippen LogP contribution >= 0.6 is 11.3 Å². The highest BCUT2D eigenvalue weighted by Crippen LogP contribution is 2.23. The molecule has 0 spiro atoms. The van der Waals surface area contributed by atoms with E-state index in [2.05, 4.69) is 4.72 Å². The van der Waals surface area contributed by atoms with E-state index < -0.39 is 27.4 Å². The van der Waals surface area contributed by atoms with Crippen LogP contribution in [0.3, 0.4) is 0 Å². The molecule has 0 aliphatic carbocycles. The van der Waals surface area contributed by atoms with Gasteiger partial charge in [-0.25, -0.2) is 13.2 Å². The number of nitrogens with two attached hydrogens (primary N) is 1. The van der Waals surface area contributed by atoms with E-state index in [0.29, 0.717) is 0 Å². The van der Waals surface area contributed by atoms with E-state index >= 15 is 0 Å². The molecule has 0 aromatic carbocycles. The van der Waals surface area contributed by atoms with Crippen molar-refractivity contribution in [3.05, 3.63) is 16.3 Å². The van der Waals surface area contributed by atoms with E-state index in [1.807, 2.05) is 0 Å². The third-order valence-electron chi connectivity index (χ3n) is 2.12. The molecule has 0 radical (unpaired) electrons. The van der Waals surface area contributed by atoms with Crippen LogP contribution in [0.2, 0.25) is 0 Å². The van der Waals surface area contributed by atoms with Gasteiger partial charge in [-0.1, -0.05) is 0 Å². The summed E-state index contributed by atoms with van der Waals surface area (Å²) in [6.45, 7) is 2.58. The Kier molecular flexibility index (Phi) is 3.79. The average Bonchev–Trinajstić information content (AvgIpc) is 2.64. The lowest BCUT2D eigenvalue weighted by Gasteiger charge is -2.21. The fourth-order valence-electron chi connectivity index (χ4n) is 1.11. The Balaban J connectivity index is 3.20. The number of carboxylic acids is 1. The molecule has 0 bridgehead atoms. The molecule has 1 aromatic heterocycles. The van der Waals surface area contributed by atoms with Crippen LogP contribution in [0.25, 0.3) is 0 Å². The minimum absolute atomic E-state index is 0.317. The fourth-order valence-corrected chi connectivity index (χ4v) is 3.75. The fraction of sp³-hybridized carbons (Fsp3) is 0.333. The predicted octanol–water partition coefficient (Wildman–Crippen LogP) is -0.0115. The maximum atomic E-state index is 12.0. The van der Waals surface area contributed by atoms with Crippen molar-refractivity contribution >= 4 is 33.2 Å². The summed E-state index contributed by atoms with van der Waals surface area (Å²) in [5.74, 6) is -2.21. The first-order valence-electron chi connectivity index (χ1n) is 4.72. The summed E-state index contributed by atoms with van der Waals surface area (Å²) in [6, 6.07) is 1.16. The zero-order chi connectivity index (χ0) is 14.1. The Morgan fingerprint density at radius 2 is 2.00 bits per heavy atom. The standard InChI is InChI=1S/C9H12N2O5S2/c1-9(2,8(10)14)11-18(15,16)5-3-4-17-6(5)7(12)13/h3-4,11H,1-2H3,(H2,10,14)(H,12,13). The third-order valence-corrected chi connectivity index (χ3v) is 4.85. The molecular formula is C9H12N2O5S2. The van der Waals surface area contributed by atoms with Crippen molar-refractivity contribution in [2.24, 2.45) is 5.73 Å². The van der Waals surface area contributed by atoms with Crippen LogP contribution < -0.4 is 10.5 Å². The SMILES string of the molecule is CC(C)(NS(=O)(=O)c1ccsc1C(=O)O)C(N)=O. The van der Waals surface area contributed by atoms with Crippen molar-refractivity contribution in [1.82, 2.24) is 4.72 Å². The summed E-state index contributed by atoms with van der Waals surface area (Å²) < 4.78 is 26.0. The lowest BCUT2D eigenvalue weighted by molar-refractivity contribution is -0.122. The monoisotopic (exact) mass is 292 g/mol. The molecule has 1 amide bonds. The minimum atomic E-state index is -4.12. The number of primary amides is 1. The first-order chi connectivity index (χ1) is 8.08. The van der Waals surface area contributed by atoms with Gasteiger partial charge in [0.15, 0.2) is 0 Å². The molecule has 0 atom stereocenters. The number of sulfonamides is 1. The van der Waals surface area contributed by atoms with E-state index in [9.17, 15) is 18.0 Å². The maximum absolute atomic E-state index is 12.0. The molecule has 0 saturated carbocycles. The molecule has 7 nitrogen and oxygen atoms in total. The van der Waals surface area contributed by atoms with E-state index in [-0.39, 0.29) is 9.77 Å². The van der Waals surface area contributed by atoms with Crippen molar-refractivity contribution in [3.63, 3.8) is 0 Å². The van der Waals surface area contributed by atoms with Crippen molar-refractivity contribution in [1.29, 1.82) is 0 Å². The summed E-state index contributed by atoms with van der Waals surface area (Å²) in [7, 11) is -4.12. The van der Waals surface area contributed by atoms with Crippen molar-refractivity contribution in [3.8, 4) is 0 Å². The number of nitrogens with one attached hydrogen (secondary N) is 1. The number of rotatable bonds is 5. The summed E-state index contributed by atoms with van der Waals surface area (Å²) in [4.78, 5) is 21.2. The smallest absolute Gasteiger partial charge is 0.347 e. The number of carbonyl (C=O) groups is 2. The van der Waals surface area contributed by atoms with Gasteiger partial charge in [0, 0.05) is 0 Å². The third kappa shape index (κ3) is 2.86. The van der Waals surface area contributed by atoms with Crippen LogP contribution in [0.4, 0.5) is 0 Å². The maximum Gasteiger partial charge on any atom is 0.347 e. The highest BCUT2D eigenvalue weighted by Gasteiger charge is 2.33. The topological polar surface area (TPSA) is 127 Å². The minimum Gasteiger partial charge on any atom is -0.477 e. The van der Waals surface area contributed by atoms with Crippen molar-refractivity contribution < 1.29 is 23.1 Å².